The average molecular weight is 234 g/mol. The molecule has 3 nitrogen and oxygen atoms in total. The molecule has 1 aromatic rings. The number of nitrogens with two attached hydrogens (primary N) is 1. The summed E-state index contributed by atoms with van der Waals surface area (Å²) >= 11 is 0. The van der Waals surface area contributed by atoms with Gasteiger partial charge in [0.2, 0.25) is 0 Å². The molecule has 1 aliphatic carbocycles. The van der Waals surface area contributed by atoms with Gasteiger partial charge in [0.15, 0.2) is 0 Å². The summed E-state index contributed by atoms with van der Waals surface area (Å²) in [6, 6.07) is 6.47. The van der Waals surface area contributed by atoms with E-state index in [4.69, 9.17) is 10.5 Å². The molecule has 0 unspecified atom stereocenters. The molecule has 1 aliphatic rings. The zero-order valence-electron chi connectivity index (χ0n) is 10.5. The van der Waals surface area contributed by atoms with Crippen molar-refractivity contribution in [1.29, 1.82) is 0 Å². The highest BCUT2D eigenvalue weighted by molar-refractivity contribution is 5.73. The first-order valence-corrected chi connectivity index (χ1v) is 6.50. The van der Waals surface area contributed by atoms with Crippen molar-refractivity contribution in [2.24, 2.45) is 0 Å². The standard InChI is InChI=1S/C14H22N2O/c1-17-13-10-6-9-12(14(13)15)16-11-7-4-2-3-5-8-11/h6,9-11,16H,2-5,7-8,15H2,1H3. The Morgan fingerprint density at radius 3 is 2.53 bits per heavy atom. The SMILES string of the molecule is COc1cccc(NC2CCCCCC2)c1N. The molecule has 0 bridgehead atoms. The molecule has 0 radical (unpaired) electrons. The predicted molar refractivity (Wildman–Crippen MR) is 72.5 cm³/mol. The van der Waals surface area contributed by atoms with Gasteiger partial charge in [-0.05, 0) is 25.0 Å². The number of hydrogen-bond acceptors (Lipinski definition) is 3. The van der Waals surface area contributed by atoms with Crippen molar-refractivity contribution in [2.75, 3.05) is 18.2 Å². The second-order valence-electron chi connectivity index (χ2n) is 4.75. The molecule has 17 heavy (non-hydrogen) atoms. The largest absolute Gasteiger partial charge is 0.495 e. The van der Waals surface area contributed by atoms with Crippen molar-refractivity contribution in [3.8, 4) is 5.75 Å². The molecule has 0 saturated heterocycles. The first kappa shape index (κ1) is 12.1. The fourth-order valence-corrected chi connectivity index (χ4v) is 2.49. The summed E-state index contributed by atoms with van der Waals surface area (Å²) in [4.78, 5) is 0. The topological polar surface area (TPSA) is 47.3 Å². The van der Waals surface area contributed by atoms with Crippen LogP contribution in [0.15, 0.2) is 18.2 Å². The Labute approximate surface area is 103 Å². The molecule has 3 N–H and O–H groups in total. The van der Waals surface area contributed by atoms with Crippen LogP contribution < -0.4 is 15.8 Å². The van der Waals surface area contributed by atoms with Crippen LogP contribution >= 0.6 is 0 Å². The van der Waals surface area contributed by atoms with Crippen LogP contribution in [0.25, 0.3) is 0 Å². The van der Waals surface area contributed by atoms with Gasteiger partial charge in [-0.1, -0.05) is 31.7 Å². The second-order valence-corrected chi connectivity index (χ2v) is 4.75. The van der Waals surface area contributed by atoms with E-state index in [0.29, 0.717) is 6.04 Å². The van der Waals surface area contributed by atoms with E-state index < -0.39 is 0 Å². The highest BCUT2D eigenvalue weighted by atomic mass is 16.5. The lowest BCUT2D eigenvalue weighted by Crippen LogP contribution is -2.19. The van der Waals surface area contributed by atoms with Gasteiger partial charge in [-0.3, -0.25) is 0 Å². The summed E-state index contributed by atoms with van der Waals surface area (Å²) in [6.07, 6.45) is 7.87. The zero-order chi connectivity index (χ0) is 12.1. The highest BCUT2D eigenvalue weighted by Gasteiger charge is 2.14. The molecule has 1 fully saturated rings. The van der Waals surface area contributed by atoms with Crippen LogP contribution in [0.3, 0.4) is 0 Å². The van der Waals surface area contributed by atoms with E-state index in [1.807, 2.05) is 18.2 Å². The molecule has 0 spiro atoms. The number of hydrogen-bond donors (Lipinski definition) is 2. The van der Waals surface area contributed by atoms with Crippen molar-refractivity contribution in [3.05, 3.63) is 18.2 Å². The summed E-state index contributed by atoms with van der Waals surface area (Å²) in [5.74, 6) is 0.753. The molecule has 0 aliphatic heterocycles. The number of nitrogen functional groups attached to an aromatic ring is 1. The molecule has 0 aromatic heterocycles. The first-order chi connectivity index (χ1) is 8.31. The van der Waals surface area contributed by atoms with Gasteiger partial charge in [0.05, 0.1) is 18.5 Å². The normalized spacial score (nSPS) is 17.5. The van der Waals surface area contributed by atoms with Gasteiger partial charge in [-0.15, -0.1) is 0 Å². The minimum atomic E-state index is 0.562. The van der Waals surface area contributed by atoms with Crippen LogP contribution in [0.4, 0.5) is 11.4 Å². The third kappa shape index (κ3) is 3.05. The average Bonchev–Trinajstić information content (AvgIpc) is 2.60. The molecule has 1 aromatic carbocycles. The predicted octanol–water partition coefficient (Wildman–Crippen LogP) is 3.41. The van der Waals surface area contributed by atoms with Crippen LogP contribution in [0.5, 0.6) is 5.75 Å². The monoisotopic (exact) mass is 234 g/mol. The van der Waals surface area contributed by atoms with Gasteiger partial charge < -0.3 is 15.8 Å². The Hall–Kier alpha value is -1.38. The molecule has 3 heteroatoms. The van der Waals surface area contributed by atoms with Gasteiger partial charge in [0, 0.05) is 6.04 Å². The number of benzene rings is 1. The molecular formula is C14H22N2O. The smallest absolute Gasteiger partial charge is 0.143 e. The highest BCUT2D eigenvalue weighted by Crippen LogP contribution is 2.31. The number of anilines is 2. The summed E-state index contributed by atoms with van der Waals surface area (Å²) in [6.45, 7) is 0. The summed E-state index contributed by atoms with van der Waals surface area (Å²) in [5.41, 5.74) is 7.79. The van der Waals surface area contributed by atoms with Gasteiger partial charge >= 0.3 is 0 Å². The van der Waals surface area contributed by atoms with E-state index >= 15 is 0 Å². The maximum Gasteiger partial charge on any atom is 0.143 e. The maximum atomic E-state index is 6.06. The lowest BCUT2D eigenvalue weighted by molar-refractivity contribution is 0.417. The minimum Gasteiger partial charge on any atom is -0.495 e. The Kier molecular flexibility index (Phi) is 4.13. The van der Waals surface area contributed by atoms with E-state index in [9.17, 15) is 0 Å². The van der Waals surface area contributed by atoms with E-state index in [2.05, 4.69) is 5.32 Å². The zero-order valence-corrected chi connectivity index (χ0v) is 10.5. The fourth-order valence-electron chi connectivity index (χ4n) is 2.49. The van der Waals surface area contributed by atoms with E-state index in [-0.39, 0.29) is 0 Å². The van der Waals surface area contributed by atoms with Crippen LogP contribution in [0, 0.1) is 0 Å². The van der Waals surface area contributed by atoms with Crippen molar-refractivity contribution in [2.45, 2.75) is 44.6 Å². The van der Waals surface area contributed by atoms with E-state index in [1.54, 1.807) is 7.11 Å². The van der Waals surface area contributed by atoms with Crippen molar-refractivity contribution < 1.29 is 4.74 Å². The molecular weight excluding hydrogens is 212 g/mol. The molecule has 0 heterocycles. The summed E-state index contributed by atoms with van der Waals surface area (Å²) < 4.78 is 5.23. The number of rotatable bonds is 3. The molecule has 1 saturated carbocycles. The third-order valence-corrected chi connectivity index (χ3v) is 3.50. The molecule has 2 rings (SSSR count). The van der Waals surface area contributed by atoms with Gasteiger partial charge in [0.25, 0.3) is 0 Å². The van der Waals surface area contributed by atoms with Crippen molar-refractivity contribution >= 4 is 11.4 Å². The Balaban J connectivity index is 2.06. The molecule has 0 atom stereocenters. The number of methoxy groups -OCH3 is 1. The van der Waals surface area contributed by atoms with Crippen LogP contribution in [-0.2, 0) is 0 Å². The lowest BCUT2D eigenvalue weighted by Gasteiger charge is -2.19. The number of ether oxygens (including phenoxy) is 1. The van der Waals surface area contributed by atoms with E-state index in [1.165, 1.54) is 38.5 Å². The van der Waals surface area contributed by atoms with Gasteiger partial charge in [-0.25, -0.2) is 0 Å². The van der Waals surface area contributed by atoms with Crippen molar-refractivity contribution in [3.63, 3.8) is 0 Å². The van der Waals surface area contributed by atoms with Gasteiger partial charge in [-0.2, -0.15) is 0 Å². The fraction of sp³-hybridized carbons (Fsp3) is 0.571. The minimum absolute atomic E-state index is 0.562. The summed E-state index contributed by atoms with van der Waals surface area (Å²) in [5, 5.41) is 3.56. The second kappa shape index (κ2) is 5.80. The first-order valence-electron chi connectivity index (χ1n) is 6.50. The van der Waals surface area contributed by atoms with Crippen molar-refractivity contribution in [1.82, 2.24) is 0 Å². The van der Waals surface area contributed by atoms with Gasteiger partial charge in [0.1, 0.15) is 5.75 Å². The number of nitrogens with one attached hydrogen (secondary N) is 1. The summed E-state index contributed by atoms with van der Waals surface area (Å²) in [7, 11) is 1.65. The molecule has 0 amide bonds. The van der Waals surface area contributed by atoms with E-state index in [0.717, 1.165) is 17.1 Å². The molecule has 94 valence electrons. The Bertz CT molecular complexity index is 357. The van der Waals surface area contributed by atoms with Crippen LogP contribution in [-0.4, -0.2) is 13.2 Å². The van der Waals surface area contributed by atoms with Crippen LogP contribution in [0.1, 0.15) is 38.5 Å². The van der Waals surface area contributed by atoms with Crippen LogP contribution in [0.2, 0.25) is 0 Å². The number of para-hydroxylation sites is 1. The lowest BCUT2D eigenvalue weighted by atomic mass is 10.1. The third-order valence-electron chi connectivity index (χ3n) is 3.50. The Morgan fingerprint density at radius 1 is 1.18 bits per heavy atom. The quantitative estimate of drug-likeness (QED) is 0.622. The maximum absolute atomic E-state index is 6.06. The Morgan fingerprint density at radius 2 is 1.88 bits per heavy atom.